The van der Waals surface area contributed by atoms with Crippen LogP contribution in [0.25, 0.3) is 12.2 Å². The van der Waals surface area contributed by atoms with Crippen LogP contribution in [0.4, 0.5) is 8.78 Å². The van der Waals surface area contributed by atoms with Crippen molar-refractivity contribution in [2.45, 2.75) is 66.0 Å². The average Bonchev–Trinajstić information content (AvgIpc) is 3.23. The number of ketones is 1. The third kappa shape index (κ3) is 6.97. The molecule has 4 aromatic rings. The van der Waals surface area contributed by atoms with Crippen molar-refractivity contribution in [1.82, 2.24) is 4.57 Å². The molecule has 0 saturated carbocycles. The molecule has 5 nitrogen and oxygen atoms in total. The van der Waals surface area contributed by atoms with Crippen molar-refractivity contribution in [3.8, 4) is 11.5 Å². The molecule has 9 heteroatoms. The zero-order valence-electron chi connectivity index (χ0n) is 25.3. The van der Waals surface area contributed by atoms with Gasteiger partial charge in [-0.3, -0.25) is 14.2 Å². The minimum Gasteiger partial charge on any atom is -0.492 e. The molecule has 3 aromatic carbocycles. The highest BCUT2D eigenvalue weighted by Crippen LogP contribution is 2.34. The number of carbonyl (C=O) groups is 1. The highest BCUT2D eigenvalue weighted by molar-refractivity contribution is 7.07. The van der Waals surface area contributed by atoms with Gasteiger partial charge in [0, 0.05) is 17.2 Å². The molecular weight excluding hydrogens is 604 g/mol. The van der Waals surface area contributed by atoms with Crippen molar-refractivity contribution in [3.63, 3.8) is 0 Å². The van der Waals surface area contributed by atoms with E-state index in [1.807, 2.05) is 25.1 Å². The van der Waals surface area contributed by atoms with Gasteiger partial charge in [-0.25, -0.2) is 0 Å². The van der Waals surface area contributed by atoms with E-state index in [0.29, 0.717) is 33.2 Å². The molecule has 1 aromatic heterocycles. The lowest BCUT2D eigenvalue weighted by Crippen LogP contribution is -2.32. The van der Waals surface area contributed by atoms with Crippen molar-refractivity contribution in [1.29, 1.82) is 0 Å². The predicted molar refractivity (Wildman–Crippen MR) is 172 cm³/mol. The van der Waals surface area contributed by atoms with Crippen LogP contribution in [0.1, 0.15) is 70.9 Å². The Bertz CT molecular complexity index is 1900. The zero-order chi connectivity index (χ0) is 31.8. The molecular formula is C35H34ClF2NO4S. The Morgan fingerprint density at radius 2 is 1.82 bits per heavy atom. The predicted octanol–water partition coefficient (Wildman–Crippen LogP) is 6.94. The van der Waals surface area contributed by atoms with Gasteiger partial charge in [-0.2, -0.15) is 8.78 Å². The third-order valence-electron chi connectivity index (χ3n) is 7.71. The highest BCUT2D eigenvalue weighted by atomic mass is 35.5. The van der Waals surface area contributed by atoms with Gasteiger partial charge in [0.2, 0.25) is 0 Å². The Balaban J connectivity index is 1.65. The van der Waals surface area contributed by atoms with E-state index in [1.54, 1.807) is 37.3 Å². The topological polar surface area (TPSA) is 57.5 Å². The lowest BCUT2D eigenvalue weighted by Gasteiger charge is -2.19. The number of aryl methyl sites for hydroxylation is 3. The average molecular weight is 638 g/mol. The minimum absolute atomic E-state index is 0.0236. The van der Waals surface area contributed by atoms with Crippen LogP contribution in [0.2, 0.25) is 5.02 Å². The Kier molecular flexibility index (Phi) is 9.14. The van der Waals surface area contributed by atoms with E-state index in [2.05, 4.69) is 20.8 Å². The van der Waals surface area contributed by atoms with E-state index in [1.165, 1.54) is 16.7 Å². The molecule has 0 radical (unpaired) electrons. The van der Waals surface area contributed by atoms with Gasteiger partial charge in [0.1, 0.15) is 16.2 Å². The van der Waals surface area contributed by atoms with Gasteiger partial charge in [-0.1, -0.05) is 62.7 Å². The largest absolute Gasteiger partial charge is 0.492 e. The monoisotopic (exact) mass is 637 g/mol. The lowest BCUT2D eigenvalue weighted by atomic mass is 9.86. The number of hydrogen-bond acceptors (Lipinski definition) is 5. The fourth-order valence-corrected chi connectivity index (χ4v) is 6.51. The third-order valence-corrected chi connectivity index (χ3v) is 9.05. The number of ether oxygens (including phenoxy) is 2. The summed E-state index contributed by atoms with van der Waals surface area (Å²) in [5, 5.41) is 0.469. The summed E-state index contributed by atoms with van der Waals surface area (Å²) in [6.45, 7) is 7.71. The lowest BCUT2D eigenvalue weighted by molar-refractivity contribution is -0.0500. The van der Waals surface area contributed by atoms with Crippen molar-refractivity contribution in [3.05, 3.63) is 112 Å². The molecule has 0 aliphatic carbocycles. The summed E-state index contributed by atoms with van der Waals surface area (Å²) in [6, 6.07) is 14.4. The number of Topliss-reactive ketones (excluding diaryl/α,β-unsaturated/α-hetero) is 1. The molecule has 0 fully saturated rings. The highest BCUT2D eigenvalue weighted by Gasteiger charge is 2.18. The maximum Gasteiger partial charge on any atom is 0.387 e. The molecule has 0 atom stereocenters. The maximum absolute atomic E-state index is 13.9. The smallest absolute Gasteiger partial charge is 0.387 e. The minimum atomic E-state index is -3.02. The summed E-state index contributed by atoms with van der Waals surface area (Å²) < 4.78 is 39.3. The Hall–Kier alpha value is -3.75. The number of aromatic nitrogens is 1. The van der Waals surface area contributed by atoms with Crippen LogP contribution in [0.15, 0.2) is 53.3 Å². The van der Waals surface area contributed by atoms with Crippen molar-refractivity contribution >= 4 is 40.9 Å². The molecule has 0 N–H and O–H groups in total. The molecule has 230 valence electrons. The molecule has 1 aliphatic rings. The van der Waals surface area contributed by atoms with Gasteiger partial charge in [0.15, 0.2) is 5.78 Å². The van der Waals surface area contributed by atoms with Gasteiger partial charge in [0.25, 0.3) is 5.56 Å². The van der Waals surface area contributed by atoms with E-state index < -0.39 is 6.61 Å². The van der Waals surface area contributed by atoms with E-state index in [4.69, 9.17) is 21.1 Å². The van der Waals surface area contributed by atoms with Crippen molar-refractivity contribution < 1.29 is 23.0 Å². The molecule has 2 heterocycles. The SMILES string of the molecule is Cc1cc(/C=c2/s/c(=C\C(=O)c3ccc(C(C)(C)C)cc3)n(Cc3cc(Cl)c4c(c3)CCCO4)c2=O)c(OC(F)F)cc1C. The number of fused-ring (bicyclic) bond motifs is 1. The number of halogens is 3. The van der Waals surface area contributed by atoms with E-state index in [-0.39, 0.29) is 33.6 Å². The van der Waals surface area contributed by atoms with Crippen LogP contribution in [-0.4, -0.2) is 23.6 Å². The standard InChI is InChI=1S/C35H34ClF2NO4S/c1-20-13-25(29(14-21(20)2)43-34(37)38)17-30-33(41)39(19-22-15-24-7-6-12-42-32(24)27(36)16-22)31(44-30)18-28(40)23-8-10-26(11-9-23)35(3,4)5/h8-11,13-18,34H,6-7,12,19H2,1-5H3/b30-17+,31-18-. The summed E-state index contributed by atoms with van der Waals surface area (Å²) in [5.74, 6) is 0.386. The van der Waals surface area contributed by atoms with Crippen molar-refractivity contribution in [2.75, 3.05) is 6.61 Å². The van der Waals surface area contributed by atoms with Gasteiger partial charge in [-0.15, -0.1) is 11.3 Å². The van der Waals surface area contributed by atoms with Gasteiger partial charge < -0.3 is 9.47 Å². The fourth-order valence-electron chi connectivity index (χ4n) is 5.16. The number of thiazole rings is 1. The van der Waals surface area contributed by atoms with E-state index in [0.717, 1.165) is 52.0 Å². The molecule has 5 rings (SSSR count). The second kappa shape index (κ2) is 12.7. The van der Waals surface area contributed by atoms with E-state index >= 15 is 0 Å². The van der Waals surface area contributed by atoms with Crippen LogP contribution in [-0.2, 0) is 18.4 Å². The Morgan fingerprint density at radius 3 is 2.50 bits per heavy atom. The molecule has 44 heavy (non-hydrogen) atoms. The molecule has 0 amide bonds. The maximum atomic E-state index is 13.9. The normalized spacial score (nSPS) is 14.1. The number of rotatable bonds is 7. The first-order valence-electron chi connectivity index (χ1n) is 14.4. The molecule has 0 saturated heterocycles. The van der Waals surface area contributed by atoms with Crippen LogP contribution in [0.3, 0.4) is 0 Å². The number of nitrogens with zero attached hydrogens (tertiary/aromatic N) is 1. The molecule has 1 aliphatic heterocycles. The van der Waals surface area contributed by atoms with Crippen LogP contribution in [0, 0.1) is 13.8 Å². The quantitative estimate of drug-likeness (QED) is 0.206. The summed E-state index contributed by atoms with van der Waals surface area (Å²) in [4.78, 5) is 27.3. The molecule has 0 bridgehead atoms. The second-order valence-electron chi connectivity index (χ2n) is 12.0. The second-order valence-corrected chi connectivity index (χ2v) is 13.5. The van der Waals surface area contributed by atoms with E-state index in [9.17, 15) is 18.4 Å². The van der Waals surface area contributed by atoms with Crippen molar-refractivity contribution in [2.24, 2.45) is 0 Å². The number of carbonyl (C=O) groups excluding carboxylic acids is 1. The molecule has 0 spiro atoms. The summed E-state index contributed by atoms with van der Waals surface area (Å²) in [6.07, 6.45) is 4.67. The fraction of sp³-hybridized carbons (Fsp3) is 0.314. The first-order chi connectivity index (χ1) is 20.8. The van der Waals surface area contributed by atoms with Gasteiger partial charge >= 0.3 is 6.61 Å². The Morgan fingerprint density at radius 1 is 1.11 bits per heavy atom. The van der Waals surface area contributed by atoms with Gasteiger partial charge in [-0.05, 0) is 84.2 Å². The number of hydrogen-bond donors (Lipinski definition) is 0. The number of alkyl halides is 2. The van der Waals surface area contributed by atoms with Crippen LogP contribution < -0.4 is 24.2 Å². The Labute approximate surface area is 264 Å². The molecule has 0 unspecified atom stereocenters. The zero-order valence-corrected chi connectivity index (χ0v) is 26.9. The number of benzene rings is 3. The van der Waals surface area contributed by atoms with Gasteiger partial charge in [0.05, 0.1) is 22.7 Å². The summed E-state index contributed by atoms with van der Waals surface area (Å²) in [5.41, 5.74) is 4.93. The first-order valence-corrected chi connectivity index (χ1v) is 15.6. The first kappa shape index (κ1) is 31.7. The summed E-state index contributed by atoms with van der Waals surface area (Å²) >= 11 is 7.67. The van der Waals surface area contributed by atoms with Crippen LogP contribution in [0.5, 0.6) is 11.5 Å². The summed E-state index contributed by atoms with van der Waals surface area (Å²) in [7, 11) is 0. The van der Waals surface area contributed by atoms with Crippen LogP contribution >= 0.6 is 22.9 Å².